The minimum Gasteiger partial charge on any atom is -0.439 e. The van der Waals surface area contributed by atoms with E-state index < -0.39 is 59.8 Å². The summed E-state index contributed by atoms with van der Waals surface area (Å²) in [6, 6.07) is 0. The number of methoxy groups -OCH3 is 2. The van der Waals surface area contributed by atoms with E-state index >= 15 is 0 Å². The van der Waals surface area contributed by atoms with E-state index in [9.17, 15) is 24.3 Å². The fourth-order valence-corrected chi connectivity index (χ4v) is 5.10. The lowest BCUT2D eigenvalue weighted by molar-refractivity contribution is -0.123. The highest BCUT2D eigenvalue weighted by Crippen LogP contribution is 2.28. The second kappa shape index (κ2) is 16.1. The summed E-state index contributed by atoms with van der Waals surface area (Å²) < 4.78 is 16.6. The maximum absolute atomic E-state index is 13.6. The summed E-state index contributed by atoms with van der Waals surface area (Å²) in [5.41, 5.74) is 6.17. The molecule has 2 bridgehead atoms. The molecule has 42 heavy (non-hydrogen) atoms. The Morgan fingerprint density at radius 2 is 1.88 bits per heavy atom. The predicted octanol–water partition coefficient (Wildman–Crippen LogP) is 2.75. The number of carbonyl (C=O) groups is 4. The second-order valence-corrected chi connectivity index (χ2v) is 10.7. The van der Waals surface area contributed by atoms with Gasteiger partial charge in [-0.1, -0.05) is 44.2 Å². The van der Waals surface area contributed by atoms with Crippen molar-refractivity contribution in [3.8, 4) is 0 Å². The van der Waals surface area contributed by atoms with Gasteiger partial charge in [0.15, 0.2) is 11.9 Å². The lowest BCUT2D eigenvalue weighted by Crippen LogP contribution is -2.42. The number of hydrogen-bond acceptors (Lipinski definition) is 9. The Morgan fingerprint density at radius 1 is 1.19 bits per heavy atom. The van der Waals surface area contributed by atoms with E-state index in [4.69, 9.17) is 19.9 Å². The number of aliphatic hydroxyl groups is 1. The summed E-state index contributed by atoms with van der Waals surface area (Å²) >= 11 is 0. The Bertz CT molecular complexity index is 1200. The molecular weight excluding hydrogens is 542 g/mol. The van der Waals surface area contributed by atoms with E-state index in [1.807, 2.05) is 6.92 Å². The van der Waals surface area contributed by atoms with Crippen molar-refractivity contribution >= 4 is 29.3 Å². The number of aliphatic imine (C=N–C) groups is 1. The number of allylic oxidation sites excluding steroid dienone is 4. The van der Waals surface area contributed by atoms with Gasteiger partial charge >= 0.3 is 6.09 Å². The number of carbonyl (C=O) groups excluding carboxylic acids is 4. The van der Waals surface area contributed by atoms with Gasteiger partial charge in [0, 0.05) is 31.8 Å². The fourth-order valence-electron chi connectivity index (χ4n) is 5.10. The van der Waals surface area contributed by atoms with Crippen LogP contribution in [-0.2, 0) is 28.6 Å². The zero-order chi connectivity index (χ0) is 31.6. The molecule has 0 saturated heterocycles. The average Bonchev–Trinajstić information content (AvgIpc) is 2.94. The van der Waals surface area contributed by atoms with E-state index in [-0.39, 0.29) is 35.9 Å². The van der Waals surface area contributed by atoms with Gasteiger partial charge in [-0.25, -0.2) is 4.79 Å². The summed E-state index contributed by atoms with van der Waals surface area (Å²) in [7, 11) is 2.92. The maximum Gasteiger partial charge on any atom is 0.405 e. The third-order valence-corrected chi connectivity index (χ3v) is 7.37. The number of fused-ring (bicyclic) bond motifs is 2. The number of amides is 2. The molecule has 0 spiro atoms. The number of nitrogens with one attached hydrogen (secondary N) is 1. The van der Waals surface area contributed by atoms with Gasteiger partial charge in [0.05, 0.1) is 36.1 Å². The number of aliphatic hydroxyl groups excluding tert-OH is 1. The van der Waals surface area contributed by atoms with Crippen molar-refractivity contribution in [3.05, 3.63) is 59.9 Å². The molecule has 11 nitrogen and oxygen atoms in total. The molecule has 0 saturated carbocycles. The second-order valence-electron chi connectivity index (χ2n) is 10.7. The highest BCUT2D eigenvalue weighted by molar-refractivity contribution is 6.51. The summed E-state index contributed by atoms with van der Waals surface area (Å²) in [5, 5.41) is 13.8. The van der Waals surface area contributed by atoms with Gasteiger partial charge in [-0.05, 0) is 38.2 Å². The molecule has 11 heteroatoms. The molecule has 0 aromatic rings. The molecule has 2 amide bonds. The fraction of sp³-hybridized carbons (Fsp3) is 0.516. The lowest BCUT2D eigenvalue weighted by Gasteiger charge is -2.30. The van der Waals surface area contributed by atoms with Crippen LogP contribution >= 0.6 is 0 Å². The monoisotopic (exact) mass is 585 g/mol. The van der Waals surface area contributed by atoms with Crippen LogP contribution in [0.2, 0.25) is 0 Å². The Labute approximate surface area is 247 Å². The number of ketones is 2. The van der Waals surface area contributed by atoms with Crippen LogP contribution in [-0.4, -0.2) is 79.6 Å². The summed E-state index contributed by atoms with van der Waals surface area (Å²) in [5.74, 6) is -2.98. The first kappa shape index (κ1) is 34.5. The maximum atomic E-state index is 13.6. The van der Waals surface area contributed by atoms with Crippen LogP contribution in [0.1, 0.15) is 40.5 Å². The molecule has 0 aromatic heterocycles. The van der Waals surface area contributed by atoms with Gasteiger partial charge in [-0.3, -0.25) is 19.4 Å². The summed E-state index contributed by atoms with van der Waals surface area (Å²) in [4.78, 5) is 55.6. The first-order valence-electron chi connectivity index (χ1n) is 13.8. The van der Waals surface area contributed by atoms with Gasteiger partial charge in [0.2, 0.25) is 5.78 Å². The number of nitrogens with two attached hydrogens (primary N) is 1. The summed E-state index contributed by atoms with van der Waals surface area (Å²) in [6.07, 6.45) is 5.35. The smallest absolute Gasteiger partial charge is 0.405 e. The molecule has 0 aromatic carbocycles. The highest BCUT2D eigenvalue weighted by Gasteiger charge is 2.38. The van der Waals surface area contributed by atoms with Crippen LogP contribution in [0, 0.1) is 17.8 Å². The van der Waals surface area contributed by atoms with Crippen molar-refractivity contribution in [1.82, 2.24) is 5.32 Å². The standard InChI is InChI=1S/C31H43N3O8/c1-8-12-33-26-21-13-17(2)14-25(41-7)27(36)19(4)15-20(5)29(42-31(32)39)24(40-6)11-9-10-18(3)30(38)34-22(28(21)37)16-23(26)35/h8-11,15-17,19,21,24-25,27,29,36H,1,12-14H2,2-7H3,(H2,32,39)(H,34,38)/t17-,19+,21?,24+,25+,27-,29+/m1/s1. The van der Waals surface area contributed by atoms with Crippen molar-refractivity contribution in [3.63, 3.8) is 0 Å². The molecule has 4 N–H and O–H groups in total. The quantitative estimate of drug-likeness (QED) is 0.414. The Hall–Kier alpha value is -3.67. The van der Waals surface area contributed by atoms with Crippen molar-refractivity contribution in [2.75, 3.05) is 20.8 Å². The molecule has 1 aliphatic carbocycles. The number of ether oxygens (including phenoxy) is 3. The van der Waals surface area contributed by atoms with E-state index in [2.05, 4.69) is 16.9 Å². The zero-order valence-electron chi connectivity index (χ0n) is 25.2. The Kier molecular flexibility index (Phi) is 13.2. The Morgan fingerprint density at radius 3 is 2.48 bits per heavy atom. The molecule has 2 aliphatic rings. The highest BCUT2D eigenvalue weighted by atomic mass is 16.6. The normalized spacial score (nSPS) is 31.1. The first-order chi connectivity index (χ1) is 19.8. The van der Waals surface area contributed by atoms with Gasteiger partial charge < -0.3 is 30.4 Å². The third-order valence-electron chi connectivity index (χ3n) is 7.37. The average molecular weight is 586 g/mol. The van der Waals surface area contributed by atoms with Crippen molar-refractivity contribution in [1.29, 1.82) is 0 Å². The van der Waals surface area contributed by atoms with E-state index in [1.54, 1.807) is 39.0 Å². The largest absolute Gasteiger partial charge is 0.439 e. The topological polar surface area (TPSA) is 167 Å². The van der Waals surface area contributed by atoms with Gasteiger partial charge in [-0.15, -0.1) is 6.58 Å². The number of hydrogen-bond donors (Lipinski definition) is 3. The summed E-state index contributed by atoms with van der Waals surface area (Å²) in [6.45, 7) is 10.8. The molecule has 2 rings (SSSR count). The van der Waals surface area contributed by atoms with Crippen LogP contribution in [0.25, 0.3) is 0 Å². The molecule has 1 heterocycles. The molecule has 0 fully saturated rings. The SMILES string of the molecule is C=CCN=C1C(=O)C=C2NC(=O)C(C)=CC=C[C@H](OC)[C@@H](OC(N)=O)C(C)=C[C@H](C)[C@@H](O)[C@@H](OC)C[C@H](C)CC1C2=O. The van der Waals surface area contributed by atoms with Crippen LogP contribution in [0.15, 0.2) is 64.9 Å². The lowest BCUT2D eigenvalue weighted by atomic mass is 9.79. The van der Waals surface area contributed by atoms with E-state index in [0.29, 0.717) is 12.0 Å². The number of primary amides is 1. The van der Waals surface area contributed by atoms with Gasteiger partial charge in [-0.2, -0.15) is 0 Å². The van der Waals surface area contributed by atoms with Crippen LogP contribution < -0.4 is 11.1 Å². The van der Waals surface area contributed by atoms with Crippen molar-refractivity contribution in [2.45, 2.75) is 65.0 Å². The van der Waals surface area contributed by atoms with E-state index in [1.165, 1.54) is 26.4 Å². The van der Waals surface area contributed by atoms with Crippen molar-refractivity contribution < 1.29 is 38.5 Å². The van der Waals surface area contributed by atoms with Gasteiger partial charge in [0.25, 0.3) is 5.91 Å². The molecule has 0 radical (unpaired) electrons. The molecule has 7 atom stereocenters. The van der Waals surface area contributed by atoms with Crippen LogP contribution in [0.5, 0.6) is 0 Å². The Balaban J connectivity index is 2.62. The third kappa shape index (κ3) is 9.17. The van der Waals surface area contributed by atoms with Crippen LogP contribution in [0.4, 0.5) is 4.79 Å². The number of rotatable bonds is 5. The van der Waals surface area contributed by atoms with Crippen molar-refractivity contribution in [2.24, 2.45) is 28.5 Å². The molecule has 1 unspecified atom stereocenters. The van der Waals surface area contributed by atoms with Crippen LogP contribution in [0.3, 0.4) is 0 Å². The number of nitrogens with zero attached hydrogens (tertiary/aromatic N) is 1. The molecular formula is C31H43N3O8. The van der Waals surface area contributed by atoms with Gasteiger partial charge in [0.1, 0.15) is 6.10 Å². The minimum absolute atomic E-state index is 0.110. The first-order valence-corrected chi connectivity index (χ1v) is 13.8. The van der Waals surface area contributed by atoms with E-state index in [0.717, 1.165) is 6.08 Å². The minimum atomic E-state index is -1.00. The number of Topliss-reactive ketones (excluding diaryl/α,β-unsaturated/α-hetero) is 1. The predicted molar refractivity (Wildman–Crippen MR) is 159 cm³/mol. The molecule has 230 valence electrons. The zero-order valence-corrected chi connectivity index (χ0v) is 25.2. The molecule has 1 aliphatic heterocycles.